The number of nitrogens with zero attached hydrogens (tertiary/aromatic N) is 3. The average Bonchev–Trinajstić information content (AvgIpc) is 2.99. The Morgan fingerprint density at radius 1 is 1.59 bits per heavy atom. The van der Waals surface area contributed by atoms with Gasteiger partial charge in [0.15, 0.2) is 0 Å². The number of aromatic nitrogens is 2. The fourth-order valence-corrected chi connectivity index (χ4v) is 3.04. The molecule has 1 aliphatic heterocycles. The molecule has 0 N–H and O–H groups in total. The van der Waals surface area contributed by atoms with E-state index in [-0.39, 0.29) is 0 Å². The second-order valence-electron chi connectivity index (χ2n) is 4.42. The van der Waals surface area contributed by atoms with Crippen LogP contribution in [-0.2, 0) is 6.54 Å². The summed E-state index contributed by atoms with van der Waals surface area (Å²) in [6.07, 6.45) is 4.25. The molecule has 0 unspecified atom stereocenters. The van der Waals surface area contributed by atoms with E-state index in [1.54, 1.807) is 11.3 Å². The van der Waals surface area contributed by atoms with E-state index in [1.807, 2.05) is 24.6 Å². The van der Waals surface area contributed by atoms with Crippen molar-refractivity contribution in [3.05, 3.63) is 34.1 Å². The summed E-state index contributed by atoms with van der Waals surface area (Å²) < 4.78 is 5.17. The molecule has 3 rings (SSSR count). The zero-order valence-electron chi connectivity index (χ0n) is 9.80. The molecule has 2 aromatic rings. The molecule has 17 heavy (non-hydrogen) atoms. The molecule has 5 heteroatoms. The Kier molecular flexibility index (Phi) is 2.94. The van der Waals surface area contributed by atoms with Gasteiger partial charge in [-0.15, -0.1) is 11.3 Å². The van der Waals surface area contributed by atoms with Gasteiger partial charge in [0, 0.05) is 17.6 Å². The van der Waals surface area contributed by atoms with Crippen molar-refractivity contribution in [3.8, 4) is 0 Å². The monoisotopic (exact) mass is 249 g/mol. The molecule has 0 bridgehead atoms. The summed E-state index contributed by atoms with van der Waals surface area (Å²) in [5, 5.41) is 7.35. The topological polar surface area (TPSA) is 42.2 Å². The SMILES string of the molecule is Cc1cc([C@H]2CCCN2Cc2nccs2)no1. The smallest absolute Gasteiger partial charge is 0.133 e. The van der Waals surface area contributed by atoms with Gasteiger partial charge in [0.2, 0.25) is 0 Å². The van der Waals surface area contributed by atoms with Crippen LogP contribution in [0, 0.1) is 6.92 Å². The number of rotatable bonds is 3. The van der Waals surface area contributed by atoms with Crippen molar-refractivity contribution in [1.29, 1.82) is 0 Å². The maximum atomic E-state index is 5.17. The van der Waals surface area contributed by atoms with Gasteiger partial charge < -0.3 is 4.52 Å². The minimum Gasteiger partial charge on any atom is -0.361 e. The summed E-state index contributed by atoms with van der Waals surface area (Å²) in [5.74, 6) is 0.890. The fourth-order valence-electron chi connectivity index (χ4n) is 2.40. The minimum atomic E-state index is 0.399. The van der Waals surface area contributed by atoms with Crippen LogP contribution < -0.4 is 0 Å². The number of hydrogen-bond donors (Lipinski definition) is 0. The van der Waals surface area contributed by atoms with Crippen molar-refractivity contribution in [1.82, 2.24) is 15.0 Å². The normalized spacial score (nSPS) is 21.1. The molecule has 3 heterocycles. The zero-order valence-corrected chi connectivity index (χ0v) is 10.6. The van der Waals surface area contributed by atoms with Gasteiger partial charge in [-0.25, -0.2) is 4.98 Å². The first-order valence-electron chi connectivity index (χ1n) is 5.88. The third kappa shape index (κ3) is 2.25. The molecule has 4 nitrogen and oxygen atoms in total. The number of aryl methyl sites for hydroxylation is 1. The number of thiazole rings is 1. The molecule has 90 valence electrons. The molecule has 1 fully saturated rings. The molecule has 0 aromatic carbocycles. The van der Waals surface area contributed by atoms with Gasteiger partial charge in [-0.05, 0) is 26.3 Å². The lowest BCUT2D eigenvalue weighted by molar-refractivity contribution is 0.236. The predicted octanol–water partition coefficient (Wildman–Crippen LogP) is 2.78. The third-order valence-corrected chi connectivity index (χ3v) is 3.94. The van der Waals surface area contributed by atoms with Crippen LogP contribution in [0.15, 0.2) is 22.2 Å². The molecule has 0 aliphatic carbocycles. The van der Waals surface area contributed by atoms with Crippen molar-refractivity contribution in [2.75, 3.05) is 6.54 Å². The number of likely N-dealkylation sites (tertiary alicyclic amines) is 1. The fraction of sp³-hybridized carbons (Fsp3) is 0.500. The van der Waals surface area contributed by atoms with Crippen LogP contribution in [0.25, 0.3) is 0 Å². The Balaban J connectivity index is 1.76. The largest absolute Gasteiger partial charge is 0.361 e. The summed E-state index contributed by atoms with van der Waals surface area (Å²) in [6.45, 7) is 3.99. The molecular weight excluding hydrogens is 234 g/mol. The van der Waals surface area contributed by atoms with Gasteiger partial charge in [0.25, 0.3) is 0 Å². The van der Waals surface area contributed by atoms with E-state index in [9.17, 15) is 0 Å². The Hall–Kier alpha value is -1.20. The van der Waals surface area contributed by atoms with Gasteiger partial charge in [-0.2, -0.15) is 0 Å². The standard InChI is InChI=1S/C12H15N3OS/c1-9-7-10(14-16-9)11-3-2-5-15(11)8-12-13-4-6-17-12/h4,6-7,11H,2-3,5,8H2,1H3/t11-/m1/s1. The zero-order chi connectivity index (χ0) is 11.7. The second kappa shape index (κ2) is 4.58. The lowest BCUT2D eigenvalue weighted by Crippen LogP contribution is -2.22. The molecule has 0 amide bonds. The highest BCUT2D eigenvalue weighted by Gasteiger charge is 2.28. The highest BCUT2D eigenvalue weighted by atomic mass is 32.1. The molecule has 0 spiro atoms. The van der Waals surface area contributed by atoms with E-state index in [1.165, 1.54) is 11.4 Å². The van der Waals surface area contributed by atoms with Gasteiger partial charge in [-0.1, -0.05) is 5.16 Å². The average molecular weight is 249 g/mol. The summed E-state index contributed by atoms with van der Waals surface area (Å²) >= 11 is 1.72. The lowest BCUT2D eigenvalue weighted by Gasteiger charge is -2.21. The maximum absolute atomic E-state index is 5.17. The maximum Gasteiger partial charge on any atom is 0.133 e. The third-order valence-electron chi connectivity index (χ3n) is 3.17. The predicted molar refractivity (Wildman–Crippen MR) is 65.7 cm³/mol. The molecule has 1 atom stereocenters. The van der Waals surface area contributed by atoms with Crippen molar-refractivity contribution in [2.24, 2.45) is 0 Å². The van der Waals surface area contributed by atoms with Crippen LogP contribution in [0.3, 0.4) is 0 Å². The summed E-state index contributed by atoms with van der Waals surface area (Å²) in [5.41, 5.74) is 1.07. The van der Waals surface area contributed by atoms with E-state index < -0.39 is 0 Å². The summed E-state index contributed by atoms with van der Waals surface area (Å²) in [6, 6.07) is 2.45. The van der Waals surface area contributed by atoms with Crippen LogP contribution in [0.4, 0.5) is 0 Å². The van der Waals surface area contributed by atoms with Crippen molar-refractivity contribution < 1.29 is 4.52 Å². The Morgan fingerprint density at radius 2 is 2.53 bits per heavy atom. The van der Waals surface area contributed by atoms with Crippen molar-refractivity contribution in [2.45, 2.75) is 32.4 Å². The van der Waals surface area contributed by atoms with E-state index in [2.05, 4.69) is 15.0 Å². The van der Waals surface area contributed by atoms with Crippen LogP contribution in [0.1, 0.15) is 35.3 Å². The quantitative estimate of drug-likeness (QED) is 0.839. The molecule has 1 saturated heterocycles. The molecular formula is C12H15N3OS. The van der Waals surface area contributed by atoms with Crippen molar-refractivity contribution in [3.63, 3.8) is 0 Å². The van der Waals surface area contributed by atoms with Crippen LogP contribution in [0.5, 0.6) is 0 Å². The molecule has 1 aliphatic rings. The summed E-state index contributed by atoms with van der Waals surface area (Å²) in [4.78, 5) is 6.79. The molecule has 0 saturated carbocycles. The van der Waals surface area contributed by atoms with Crippen molar-refractivity contribution >= 4 is 11.3 Å². The van der Waals surface area contributed by atoms with Gasteiger partial charge in [-0.3, -0.25) is 4.90 Å². The van der Waals surface area contributed by atoms with E-state index in [4.69, 9.17) is 4.52 Å². The second-order valence-corrected chi connectivity index (χ2v) is 5.40. The first kappa shape index (κ1) is 10.9. The van der Waals surface area contributed by atoms with Crippen LogP contribution >= 0.6 is 11.3 Å². The lowest BCUT2D eigenvalue weighted by atomic mass is 10.1. The highest BCUT2D eigenvalue weighted by molar-refractivity contribution is 7.09. The first-order valence-corrected chi connectivity index (χ1v) is 6.76. The Morgan fingerprint density at radius 3 is 3.24 bits per heavy atom. The van der Waals surface area contributed by atoms with Gasteiger partial charge in [0.1, 0.15) is 16.5 Å². The molecule has 0 radical (unpaired) electrons. The highest BCUT2D eigenvalue weighted by Crippen LogP contribution is 2.32. The first-order chi connectivity index (χ1) is 8.33. The van der Waals surface area contributed by atoms with Crippen LogP contribution in [0.2, 0.25) is 0 Å². The summed E-state index contributed by atoms with van der Waals surface area (Å²) in [7, 11) is 0. The van der Waals surface area contributed by atoms with E-state index in [0.717, 1.165) is 31.0 Å². The van der Waals surface area contributed by atoms with Gasteiger partial charge >= 0.3 is 0 Å². The van der Waals surface area contributed by atoms with E-state index >= 15 is 0 Å². The molecule has 2 aromatic heterocycles. The van der Waals surface area contributed by atoms with Gasteiger partial charge in [0.05, 0.1) is 12.6 Å². The number of hydrogen-bond acceptors (Lipinski definition) is 5. The minimum absolute atomic E-state index is 0.399. The Bertz CT molecular complexity index is 480. The van der Waals surface area contributed by atoms with E-state index in [0.29, 0.717) is 6.04 Å². The Labute approximate surface area is 104 Å². The van der Waals surface area contributed by atoms with Crippen LogP contribution in [-0.4, -0.2) is 21.6 Å².